The molecule has 0 radical (unpaired) electrons. The van der Waals surface area contributed by atoms with E-state index in [1.165, 1.54) is 0 Å². The average molecular weight is 230 g/mol. The molecule has 0 aliphatic heterocycles. The van der Waals surface area contributed by atoms with Crippen molar-refractivity contribution in [1.82, 2.24) is 4.37 Å². The van der Waals surface area contributed by atoms with Gasteiger partial charge in [-0.05, 0) is 11.5 Å². The first kappa shape index (κ1) is 11.0. The van der Waals surface area contributed by atoms with Crippen LogP contribution in [-0.4, -0.2) is 10.3 Å². The van der Waals surface area contributed by atoms with Crippen molar-refractivity contribution in [2.75, 3.05) is 5.32 Å². The number of nitrogens with one attached hydrogen (secondary N) is 1. The molecule has 1 N–H and O–H groups in total. The SMILES string of the molecule is CC(C)C(=O)Nc1snc(Cl)c1C#N. The first-order valence-electron chi connectivity index (χ1n) is 3.92. The molecule has 0 aliphatic carbocycles. The standard InChI is InChI=1S/C8H8ClN3OS/c1-4(2)7(13)11-8-5(3-10)6(9)12-14-8/h4H,1-2H3,(H,11,13). The molecule has 1 aromatic rings. The number of amides is 1. The second-order valence-corrected chi connectivity index (χ2v) is 4.06. The van der Waals surface area contributed by atoms with E-state index in [9.17, 15) is 4.79 Å². The topological polar surface area (TPSA) is 65.8 Å². The Morgan fingerprint density at radius 1 is 1.71 bits per heavy atom. The second kappa shape index (κ2) is 4.40. The van der Waals surface area contributed by atoms with E-state index in [0.29, 0.717) is 5.00 Å². The van der Waals surface area contributed by atoms with Crippen LogP contribution in [0.15, 0.2) is 0 Å². The molecule has 0 bridgehead atoms. The van der Waals surface area contributed by atoms with Crippen LogP contribution in [-0.2, 0) is 4.79 Å². The number of hydrogen-bond acceptors (Lipinski definition) is 4. The van der Waals surface area contributed by atoms with Gasteiger partial charge in [0.1, 0.15) is 16.6 Å². The Kier molecular flexibility index (Phi) is 3.44. The third-order valence-corrected chi connectivity index (χ3v) is 2.66. The van der Waals surface area contributed by atoms with E-state index in [0.717, 1.165) is 11.5 Å². The highest BCUT2D eigenvalue weighted by Crippen LogP contribution is 2.27. The third-order valence-electron chi connectivity index (χ3n) is 1.52. The molecule has 1 aromatic heterocycles. The summed E-state index contributed by atoms with van der Waals surface area (Å²) in [5.41, 5.74) is 0.227. The maximum absolute atomic E-state index is 11.3. The van der Waals surface area contributed by atoms with Gasteiger partial charge in [0, 0.05) is 5.92 Å². The van der Waals surface area contributed by atoms with Crippen molar-refractivity contribution >= 4 is 34.0 Å². The van der Waals surface area contributed by atoms with E-state index in [1.807, 2.05) is 6.07 Å². The summed E-state index contributed by atoms with van der Waals surface area (Å²) >= 11 is 6.64. The normalized spacial score (nSPS) is 9.93. The maximum Gasteiger partial charge on any atom is 0.227 e. The summed E-state index contributed by atoms with van der Waals surface area (Å²) in [5.74, 6) is -0.288. The van der Waals surface area contributed by atoms with Gasteiger partial charge in [-0.2, -0.15) is 9.64 Å². The molecule has 0 saturated heterocycles. The first-order valence-corrected chi connectivity index (χ1v) is 5.07. The number of nitriles is 1. The van der Waals surface area contributed by atoms with Crippen molar-refractivity contribution < 1.29 is 4.79 Å². The Bertz CT molecular complexity index is 394. The number of aromatic nitrogens is 1. The number of halogens is 1. The summed E-state index contributed by atoms with van der Waals surface area (Å²) < 4.78 is 3.77. The van der Waals surface area contributed by atoms with Crippen molar-refractivity contribution in [2.24, 2.45) is 5.92 Å². The molecule has 1 heterocycles. The lowest BCUT2D eigenvalue weighted by atomic mass is 10.2. The van der Waals surface area contributed by atoms with Gasteiger partial charge in [-0.3, -0.25) is 4.79 Å². The summed E-state index contributed by atoms with van der Waals surface area (Å²) in [6, 6.07) is 1.89. The Balaban J connectivity index is 2.88. The molecule has 6 heteroatoms. The summed E-state index contributed by atoms with van der Waals surface area (Å²) in [4.78, 5) is 11.3. The summed E-state index contributed by atoms with van der Waals surface area (Å²) in [5, 5.41) is 11.9. The minimum Gasteiger partial charge on any atom is -0.315 e. The highest BCUT2D eigenvalue weighted by atomic mass is 35.5. The highest BCUT2D eigenvalue weighted by Gasteiger charge is 2.15. The van der Waals surface area contributed by atoms with E-state index in [2.05, 4.69) is 9.69 Å². The molecule has 74 valence electrons. The summed E-state index contributed by atoms with van der Waals surface area (Å²) in [7, 11) is 0. The predicted octanol–water partition coefficient (Wildman–Crippen LogP) is 2.26. The quantitative estimate of drug-likeness (QED) is 0.846. The van der Waals surface area contributed by atoms with Gasteiger partial charge < -0.3 is 5.32 Å². The van der Waals surface area contributed by atoms with E-state index in [-0.39, 0.29) is 22.5 Å². The number of carbonyl (C=O) groups excluding carboxylic acids is 1. The molecule has 0 unspecified atom stereocenters. The second-order valence-electron chi connectivity index (χ2n) is 2.93. The maximum atomic E-state index is 11.3. The molecule has 4 nitrogen and oxygen atoms in total. The van der Waals surface area contributed by atoms with Crippen molar-refractivity contribution in [1.29, 1.82) is 5.26 Å². The molecular weight excluding hydrogens is 222 g/mol. The minimum absolute atomic E-state index is 0.136. The zero-order chi connectivity index (χ0) is 10.7. The number of rotatable bonds is 2. The lowest BCUT2D eigenvalue weighted by molar-refractivity contribution is -0.118. The first-order chi connectivity index (χ1) is 6.56. The van der Waals surface area contributed by atoms with Crippen molar-refractivity contribution in [3.05, 3.63) is 10.7 Å². The van der Waals surface area contributed by atoms with Gasteiger partial charge in [0.25, 0.3) is 0 Å². The molecule has 0 aliphatic rings. The van der Waals surface area contributed by atoms with E-state index >= 15 is 0 Å². The van der Waals surface area contributed by atoms with Gasteiger partial charge in [-0.1, -0.05) is 25.4 Å². The van der Waals surface area contributed by atoms with Crippen molar-refractivity contribution in [3.8, 4) is 6.07 Å². The zero-order valence-corrected chi connectivity index (χ0v) is 9.24. The van der Waals surface area contributed by atoms with Crippen LogP contribution in [0, 0.1) is 17.2 Å². The Morgan fingerprint density at radius 2 is 2.36 bits per heavy atom. The van der Waals surface area contributed by atoms with Crippen LogP contribution in [0.2, 0.25) is 5.15 Å². The van der Waals surface area contributed by atoms with E-state index < -0.39 is 0 Å². The average Bonchev–Trinajstić information content (AvgIpc) is 2.46. The fourth-order valence-electron chi connectivity index (χ4n) is 0.709. The highest BCUT2D eigenvalue weighted by molar-refractivity contribution is 7.11. The Hall–Kier alpha value is -1.12. The van der Waals surface area contributed by atoms with Gasteiger partial charge in [-0.15, -0.1) is 0 Å². The van der Waals surface area contributed by atoms with Gasteiger partial charge in [-0.25, -0.2) is 0 Å². The molecule has 0 atom stereocenters. The lowest BCUT2D eigenvalue weighted by Gasteiger charge is -2.04. The van der Waals surface area contributed by atoms with Gasteiger partial charge in [0.2, 0.25) is 5.91 Å². The van der Waals surface area contributed by atoms with Crippen LogP contribution < -0.4 is 5.32 Å². The monoisotopic (exact) mass is 229 g/mol. The lowest BCUT2D eigenvalue weighted by Crippen LogP contribution is -2.17. The fraction of sp³-hybridized carbons (Fsp3) is 0.375. The van der Waals surface area contributed by atoms with Crippen LogP contribution in [0.25, 0.3) is 0 Å². The molecule has 1 amide bonds. The van der Waals surface area contributed by atoms with Crippen LogP contribution in [0.1, 0.15) is 19.4 Å². The van der Waals surface area contributed by atoms with Gasteiger partial charge >= 0.3 is 0 Å². The predicted molar refractivity (Wildman–Crippen MR) is 55.3 cm³/mol. The Morgan fingerprint density at radius 3 is 2.86 bits per heavy atom. The van der Waals surface area contributed by atoms with Crippen LogP contribution in [0.5, 0.6) is 0 Å². The fourth-order valence-corrected chi connectivity index (χ4v) is 1.65. The molecule has 0 spiro atoms. The number of carbonyl (C=O) groups is 1. The third kappa shape index (κ3) is 2.22. The van der Waals surface area contributed by atoms with Gasteiger partial charge in [0.15, 0.2) is 5.15 Å². The van der Waals surface area contributed by atoms with E-state index in [1.54, 1.807) is 13.8 Å². The van der Waals surface area contributed by atoms with Crippen molar-refractivity contribution in [2.45, 2.75) is 13.8 Å². The Labute approximate surface area is 90.7 Å². The van der Waals surface area contributed by atoms with Crippen LogP contribution in [0.3, 0.4) is 0 Å². The largest absolute Gasteiger partial charge is 0.315 e. The number of nitrogens with zero attached hydrogens (tertiary/aromatic N) is 2. The van der Waals surface area contributed by atoms with Gasteiger partial charge in [0.05, 0.1) is 0 Å². The molecule has 0 aromatic carbocycles. The van der Waals surface area contributed by atoms with Crippen molar-refractivity contribution in [3.63, 3.8) is 0 Å². The number of anilines is 1. The van der Waals surface area contributed by atoms with E-state index in [4.69, 9.17) is 16.9 Å². The van der Waals surface area contributed by atoms with Crippen LogP contribution in [0.4, 0.5) is 5.00 Å². The van der Waals surface area contributed by atoms with Crippen LogP contribution >= 0.6 is 23.1 Å². The molecule has 1 rings (SSSR count). The summed E-state index contributed by atoms with van der Waals surface area (Å²) in [6.45, 7) is 3.54. The molecule has 0 fully saturated rings. The zero-order valence-electron chi connectivity index (χ0n) is 7.67. The number of hydrogen-bond donors (Lipinski definition) is 1. The smallest absolute Gasteiger partial charge is 0.227 e. The molecule has 0 saturated carbocycles. The molecule has 14 heavy (non-hydrogen) atoms. The minimum atomic E-state index is -0.151. The molecular formula is C8H8ClN3OS. The summed E-state index contributed by atoms with van der Waals surface area (Å²) in [6.07, 6.45) is 0.